The van der Waals surface area contributed by atoms with Gasteiger partial charge in [-0.25, -0.2) is 16.8 Å². The van der Waals surface area contributed by atoms with Crippen LogP contribution < -0.4 is 0 Å². The Morgan fingerprint density at radius 3 is 2.00 bits per heavy atom. The average Bonchev–Trinajstić information content (AvgIpc) is 2.59. The maximum atomic E-state index is 14.3. The number of fused-ring (bicyclic) bond motifs is 1. The summed E-state index contributed by atoms with van der Waals surface area (Å²) in [7, 11) is -10.3. The van der Waals surface area contributed by atoms with E-state index < -0.39 is 56.2 Å². The standard InChI is InChI=1S/C14H21F6NO4S2/c1-9(26(22)23)12(15,16)13(17,18)14(19,20)27(24,25)21-7-6-10-4-2-3-5-11(10)8-21/h9-11,26H,2-8H2,1H3/t9-,10?,11?/m1/s1. The van der Waals surface area contributed by atoms with Crippen LogP contribution in [0.15, 0.2) is 0 Å². The topological polar surface area (TPSA) is 71.5 Å². The zero-order valence-corrected chi connectivity index (χ0v) is 16.1. The fourth-order valence-electron chi connectivity index (χ4n) is 3.70. The van der Waals surface area contributed by atoms with Crippen molar-refractivity contribution in [3.05, 3.63) is 0 Å². The maximum absolute atomic E-state index is 14.3. The largest absolute Gasteiger partial charge is 0.427 e. The summed E-state index contributed by atoms with van der Waals surface area (Å²) in [6.45, 7) is -0.780. The zero-order valence-electron chi connectivity index (χ0n) is 14.4. The molecule has 0 spiro atoms. The van der Waals surface area contributed by atoms with Crippen LogP contribution in [-0.4, -0.2) is 56.6 Å². The van der Waals surface area contributed by atoms with E-state index in [9.17, 15) is 43.2 Å². The molecule has 2 fully saturated rings. The first-order valence-corrected chi connectivity index (χ1v) is 11.1. The third-order valence-electron chi connectivity index (χ3n) is 5.54. The van der Waals surface area contributed by atoms with E-state index in [1.807, 2.05) is 0 Å². The molecule has 2 unspecified atom stereocenters. The Labute approximate surface area is 155 Å². The molecule has 2 rings (SSSR count). The first-order valence-electron chi connectivity index (χ1n) is 8.44. The molecule has 1 aliphatic carbocycles. The van der Waals surface area contributed by atoms with Crippen molar-refractivity contribution >= 4 is 20.7 Å². The van der Waals surface area contributed by atoms with Gasteiger partial charge in [-0.3, -0.25) is 0 Å². The Morgan fingerprint density at radius 1 is 0.963 bits per heavy atom. The van der Waals surface area contributed by atoms with Crippen molar-refractivity contribution in [1.29, 1.82) is 0 Å². The minimum absolute atomic E-state index is 0.0882. The van der Waals surface area contributed by atoms with Crippen LogP contribution in [-0.2, 0) is 20.7 Å². The number of halogens is 6. The van der Waals surface area contributed by atoms with E-state index in [-0.39, 0.29) is 29.5 Å². The number of sulfonamides is 1. The number of alkyl halides is 6. The smallest absolute Gasteiger partial charge is 0.231 e. The predicted molar refractivity (Wildman–Crippen MR) is 85.2 cm³/mol. The molecule has 5 nitrogen and oxygen atoms in total. The lowest BCUT2D eigenvalue weighted by Gasteiger charge is -2.42. The summed E-state index contributed by atoms with van der Waals surface area (Å²) in [5, 5.41) is -9.34. The van der Waals surface area contributed by atoms with Gasteiger partial charge in [-0.15, -0.1) is 0 Å². The number of thiol groups is 1. The quantitative estimate of drug-likeness (QED) is 0.504. The fourth-order valence-corrected chi connectivity index (χ4v) is 5.64. The molecule has 1 aliphatic heterocycles. The molecule has 3 atom stereocenters. The highest BCUT2D eigenvalue weighted by atomic mass is 32.2. The summed E-state index contributed by atoms with van der Waals surface area (Å²) in [5.74, 6) is -12.4. The van der Waals surface area contributed by atoms with Crippen molar-refractivity contribution in [2.24, 2.45) is 11.8 Å². The van der Waals surface area contributed by atoms with E-state index >= 15 is 0 Å². The highest BCUT2D eigenvalue weighted by molar-refractivity contribution is 7.90. The second-order valence-electron chi connectivity index (χ2n) is 7.13. The van der Waals surface area contributed by atoms with E-state index in [1.165, 1.54) is 0 Å². The monoisotopic (exact) mass is 445 g/mol. The minimum Gasteiger partial charge on any atom is -0.231 e. The Hall–Kier alpha value is -0.560. The molecule has 0 amide bonds. The summed E-state index contributed by atoms with van der Waals surface area (Å²) in [6, 6.07) is 0. The van der Waals surface area contributed by atoms with E-state index in [1.54, 1.807) is 0 Å². The number of hydrogen-bond acceptors (Lipinski definition) is 4. The number of piperidine rings is 1. The molecule has 0 aromatic rings. The van der Waals surface area contributed by atoms with Gasteiger partial charge in [0.2, 0.25) is 0 Å². The van der Waals surface area contributed by atoms with E-state index in [0.29, 0.717) is 6.42 Å². The summed E-state index contributed by atoms with van der Waals surface area (Å²) in [6.07, 6.45) is 3.15. The lowest BCUT2D eigenvalue weighted by Crippen LogP contribution is -2.64. The van der Waals surface area contributed by atoms with Crippen LogP contribution in [0, 0.1) is 11.8 Å². The molecule has 27 heavy (non-hydrogen) atoms. The lowest BCUT2D eigenvalue weighted by atomic mass is 9.76. The molecule has 0 aromatic heterocycles. The molecular weight excluding hydrogens is 424 g/mol. The van der Waals surface area contributed by atoms with Crippen LogP contribution in [0.2, 0.25) is 0 Å². The average molecular weight is 445 g/mol. The van der Waals surface area contributed by atoms with Gasteiger partial charge in [0.1, 0.15) is 16.0 Å². The summed E-state index contributed by atoms with van der Waals surface area (Å²) in [4.78, 5) is 0. The molecule has 1 saturated heterocycles. The molecule has 0 bridgehead atoms. The Balaban J connectivity index is 2.35. The lowest BCUT2D eigenvalue weighted by molar-refractivity contribution is -0.278. The van der Waals surface area contributed by atoms with Gasteiger partial charge in [0.25, 0.3) is 10.0 Å². The Morgan fingerprint density at radius 2 is 1.48 bits per heavy atom. The van der Waals surface area contributed by atoms with E-state index in [0.717, 1.165) is 19.3 Å². The van der Waals surface area contributed by atoms with Crippen LogP contribution in [0.4, 0.5) is 26.3 Å². The number of hydrogen-bond donors (Lipinski definition) is 1. The molecule has 0 radical (unpaired) electrons. The first kappa shape index (κ1) is 22.7. The SMILES string of the molecule is C[C@@H]([SH](=O)=O)C(F)(F)C(F)(F)C(F)(F)S(=O)(=O)N1CCC2CCCCC2C1. The first-order chi connectivity index (χ1) is 12.2. The number of rotatable bonds is 6. The molecular formula is C14H21F6NO4S2. The molecule has 13 heteroatoms. The van der Waals surface area contributed by atoms with Crippen molar-refractivity contribution in [1.82, 2.24) is 4.31 Å². The van der Waals surface area contributed by atoms with Crippen molar-refractivity contribution in [2.45, 2.75) is 61.4 Å². The van der Waals surface area contributed by atoms with E-state index in [2.05, 4.69) is 0 Å². The van der Waals surface area contributed by atoms with Crippen LogP contribution >= 0.6 is 0 Å². The second kappa shape index (κ2) is 7.36. The summed E-state index contributed by atoms with van der Waals surface area (Å²) < 4.78 is 130. The van der Waals surface area contributed by atoms with Crippen molar-refractivity contribution < 1.29 is 43.2 Å². The predicted octanol–water partition coefficient (Wildman–Crippen LogP) is 2.69. The second-order valence-corrected chi connectivity index (χ2v) is 10.5. The molecule has 0 aromatic carbocycles. The van der Waals surface area contributed by atoms with Gasteiger partial charge in [0.05, 0.1) is 0 Å². The van der Waals surface area contributed by atoms with Gasteiger partial charge in [-0.05, 0) is 31.6 Å². The molecule has 1 saturated carbocycles. The van der Waals surface area contributed by atoms with Gasteiger partial charge in [0, 0.05) is 13.1 Å². The number of nitrogens with zero attached hydrogens (tertiary/aromatic N) is 1. The van der Waals surface area contributed by atoms with Crippen LogP contribution in [0.5, 0.6) is 0 Å². The van der Waals surface area contributed by atoms with Crippen molar-refractivity contribution in [3.63, 3.8) is 0 Å². The normalized spacial score (nSPS) is 27.4. The Kier molecular flexibility index (Phi) is 6.19. The minimum atomic E-state index is -6.41. The van der Waals surface area contributed by atoms with Gasteiger partial charge in [-0.2, -0.15) is 30.6 Å². The summed E-state index contributed by atoms with van der Waals surface area (Å²) >= 11 is 0. The fraction of sp³-hybridized carbons (Fsp3) is 1.00. The highest BCUT2D eigenvalue weighted by Crippen LogP contribution is 2.52. The van der Waals surface area contributed by atoms with Crippen molar-refractivity contribution in [2.75, 3.05) is 13.1 Å². The van der Waals surface area contributed by atoms with Crippen molar-refractivity contribution in [3.8, 4) is 0 Å². The third kappa shape index (κ3) is 3.59. The van der Waals surface area contributed by atoms with Gasteiger partial charge >= 0.3 is 17.1 Å². The zero-order chi connectivity index (χ0) is 20.8. The van der Waals surface area contributed by atoms with Gasteiger partial charge in [-0.1, -0.05) is 19.3 Å². The van der Waals surface area contributed by atoms with Gasteiger partial charge < -0.3 is 0 Å². The van der Waals surface area contributed by atoms with Crippen LogP contribution in [0.25, 0.3) is 0 Å². The Bertz CT molecular complexity index is 732. The third-order valence-corrected chi connectivity index (χ3v) is 8.42. The molecule has 0 N–H and O–H groups in total. The van der Waals surface area contributed by atoms with E-state index in [4.69, 9.17) is 0 Å². The van der Waals surface area contributed by atoms with Gasteiger partial charge in [0.15, 0.2) is 0 Å². The highest BCUT2D eigenvalue weighted by Gasteiger charge is 2.79. The molecule has 160 valence electrons. The molecule has 2 aliphatic rings. The summed E-state index contributed by atoms with van der Waals surface area (Å²) in [5.41, 5.74) is 0. The van der Waals surface area contributed by atoms with Crippen LogP contribution in [0.1, 0.15) is 39.0 Å². The maximum Gasteiger partial charge on any atom is 0.427 e. The molecule has 1 heterocycles. The van der Waals surface area contributed by atoms with Crippen LogP contribution in [0.3, 0.4) is 0 Å².